The van der Waals surface area contributed by atoms with Crippen molar-refractivity contribution >= 4 is 17.2 Å². The highest BCUT2D eigenvalue weighted by atomic mass is 16.1. The molecule has 2 aromatic rings. The Kier molecular flexibility index (Phi) is 9.81. The fraction of sp³-hybridized carbons (Fsp3) is 0.552. The van der Waals surface area contributed by atoms with Crippen molar-refractivity contribution in [1.82, 2.24) is 0 Å². The summed E-state index contributed by atoms with van der Waals surface area (Å²) < 4.78 is 0. The Morgan fingerprint density at radius 3 is 1.00 bits per heavy atom. The molecule has 2 rings (SSSR count). The molecule has 0 atom stereocenters. The maximum atomic E-state index is 13.1. The van der Waals surface area contributed by atoms with Crippen LogP contribution in [0.3, 0.4) is 0 Å². The van der Waals surface area contributed by atoms with Crippen LogP contribution in [0.5, 0.6) is 0 Å². The van der Waals surface area contributed by atoms with Crippen LogP contribution >= 0.6 is 0 Å². The lowest BCUT2D eigenvalue weighted by atomic mass is 10.0. The van der Waals surface area contributed by atoms with Gasteiger partial charge in [-0.3, -0.25) is 4.79 Å². The lowest BCUT2D eigenvalue weighted by Crippen LogP contribution is -2.31. The van der Waals surface area contributed by atoms with Crippen molar-refractivity contribution in [3.63, 3.8) is 0 Å². The second-order valence-electron chi connectivity index (χ2n) is 10.8. The Balaban J connectivity index is 2.16. The molecule has 0 aliphatic carbocycles. The molecule has 0 spiro atoms. The third-order valence-corrected chi connectivity index (χ3v) is 5.33. The van der Waals surface area contributed by atoms with Crippen LogP contribution in [0, 0.1) is 23.7 Å². The summed E-state index contributed by atoms with van der Waals surface area (Å²) in [4.78, 5) is 17.9. The maximum absolute atomic E-state index is 13.1. The average Bonchev–Trinajstić information content (AvgIpc) is 2.71. The zero-order valence-corrected chi connectivity index (χ0v) is 21.6. The summed E-state index contributed by atoms with van der Waals surface area (Å²) in [6.45, 7) is 22.1. The van der Waals surface area contributed by atoms with Crippen molar-refractivity contribution in [2.45, 2.75) is 55.4 Å². The molecular weight excluding hydrogens is 392 g/mol. The molecule has 0 unspecified atom stereocenters. The van der Waals surface area contributed by atoms with Gasteiger partial charge in [0.1, 0.15) is 0 Å². The Bertz CT molecular complexity index is 730. The number of carbonyl (C=O) groups excluding carboxylic acids is 1. The Morgan fingerprint density at radius 1 is 0.531 bits per heavy atom. The van der Waals surface area contributed by atoms with Gasteiger partial charge in [-0.05, 0) is 72.2 Å². The van der Waals surface area contributed by atoms with Gasteiger partial charge in [0.25, 0.3) is 0 Å². The van der Waals surface area contributed by atoms with Gasteiger partial charge in [0.15, 0.2) is 5.78 Å². The second-order valence-corrected chi connectivity index (χ2v) is 10.8. The van der Waals surface area contributed by atoms with Gasteiger partial charge in [-0.1, -0.05) is 55.4 Å². The predicted octanol–water partition coefficient (Wildman–Crippen LogP) is 7.15. The summed E-state index contributed by atoms with van der Waals surface area (Å²) >= 11 is 0. The third-order valence-electron chi connectivity index (χ3n) is 5.33. The molecule has 3 heteroatoms. The van der Waals surface area contributed by atoms with E-state index in [0.717, 1.165) is 37.3 Å². The topological polar surface area (TPSA) is 23.6 Å². The SMILES string of the molecule is CC(C)CN(CC(C)C)c1ccc(C(=O)c2ccc(N(CC(C)C)CC(C)C)cc2)cc1. The van der Waals surface area contributed by atoms with E-state index in [1.165, 1.54) is 11.4 Å². The largest absolute Gasteiger partial charge is 0.371 e. The number of hydrogen-bond acceptors (Lipinski definition) is 3. The molecule has 32 heavy (non-hydrogen) atoms. The van der Waals surface area contributed by atoms with E-state index in [2.05, 4.69) is 89.5 Å². The maximum Gasteiger partial charge on any atom is 0.193 e. The lowest BCUT2D eigenvalue weighted by molar-refractivity contribution is 0.103. The lowest BCUT2D eigenvalue weighted by Gasteiger charge is -2.29. The van der Waals surface area contributed by atoms with Crippen LogP contribution in [0.1, 0.15) is 71.3 Å². The summed E-state index contributed by atoms with van der Waals surface area (Å²) in [5.41, 5.74) is 3.88. The van der Waals surface area contributed by atoms with Gasteiger partial charge in [-0.15, -0.1) is 0 Å². The molecule has 3 nitrogen and oxygen atoms in total. The molecule has 0 saturated heterocycles. The number of anilines is 2. The van der Waals surface area contributed by atoms with E-state index < -0.39 is 0 Å². The molecule has 0 aromatic heterocycles. The average molecular weight is 437 g/mol. The van der Waals surface area contributed by atoms with Crippen LogP contribution in [0.25, 0.3) is 0 Å². The zero-order valence-electron chi connectivity index (χ0n) is 21.6. The van der Waals surface area contributed by atoms with Crippen LogP contribution in [0.4, 0.5) is 11.4 Å². The van der Waals surface area contributed by atoms with Crippen molar-refractivity contribution in [2.75, 3.05) is 36.0 Å². The van der Waals surface area contributed by atoms with Crippen LogP contribution in [-0.2, 0) is 0 Å². The predicted molar refractivity (Wildman–Crippen MR) is 140 cm³/mol. The van der Waals surface area contributed by atoms with E-state index in [1.54, 1.807) is 0 Å². The first-order chi connectivity index (χ1) is 15.1. The van der Waals surface area contributed by atoms with Crippen LogP contribution in [-0.4, -0.2) is 32.0 Å². The first kappa shape index (κ1) is 26.0. The first-order valence-electron chi connectivity index (χ1n) is 12.3. The van der Waals surface area contributed by atoms with Crippen molar-refractivity contribution in [3.8, 4) is 0 Å². The van der Waals surface area contributed by atoms with Crippen molar-refractivity contribution in [1.29, 1.82) is 0 Å². The standard InChI is InChI=1S/C29H44N2O/c1-21(2)17-30(18-22(3)4)27-13-9-25(10-14-27)29(32)26-11-15-28(16-12-26)31(19-23(5)6)20-24(7)8/h9-16,21-24H,17-20H2,1-8H3. The molecule has 176 valence electrons. The minimum absolute atomic E-state index is 0.0849. The molecule has 0 aliphatic heterocycles. The minimum Gasteiger partial charge on any atom is -0.371 e. The molecule has 0 aliphatic rings. The van der Waals surface area contributed by atoms with E-state index in [4.69, 9.17) is 0 Å². The molecule has 0 saturated carbocycles. The van der Waals surface area contributed by atoms with Gasteiger partial charge >= 0.3 is 0 Å². The summed E-state index contributed by atoms with van der Waals surface area (Å²) in [7, 11) is 0. The number of rotatable bonds is 12. The summed E-state index contributed by atoms with van der Waals surface area (Å²) in [6.07, 6.45) is 0. The molecule has 0 N–H and O–H groups in total. The van der Waals surface area contributed by atoms with E-state index in [9.17, 15) is 4.79 Å². The highest BCUT2D eigenvalue weighted by Gasteiger charge is 2.15. The molecule has 2 aromatic carbocycles. The third kappa shape index (κ3) is 8.00. The van der Waals surface area contributed by atoms with Gasteiger partial charge in [-0.25, -0.2) is 0 Å². The number of ketones is 1. The van der Waals surface area contributed by atoms with Gasteiger partial charge in [0.2, 0.25) is 0 Å². The van der Waals surface area contributed by atoms with Crippen LogP contribution in [0.2, 0.25) is 0 Å². The second kappa shape index (κ2) is 12.1. The zero-order chi connectivity index (χ0) is 23.8. The van der Waals surface area contributed by atoms with Gasteiger partial charge in [0, 0.05) is 48.7 Å². The van der Waals surface area contributed by atoms with E-state index >= 15 is 0 Å². The van der Waals surface area contributed by atoms with Crippen molar-refractivity contribution in [3.05, 3.63) is 59.7 Å². The quantitative estimate of drug-likeness (QED) is 0.330. The summed E-state index contributed by atoms with van der Waals surface area (Å²) in [5.74, 6) is 2.47. The highest BCUT2D eigenvalue weighted by molar-refractivity contribution is 6.09. The molecule has 0 fully saturated rings. The number of hydrogen-bond donors (Lipinski definition) is 0. The van der Waals surface area contributed by atoms with Crippen LogP contribution in [0.15, 0.2) is 48.5 Å². The Labute approximate surface area is 196 Å². The minimum atomic E-state index is 0.0849. The van der Waals surface area contributed by atoms with Crippen molar-refractivity contribution in [2.24, 2.45) is 23.7 Å². The first-order valence-corrected chi connectivity index (χ1v) is 12.3. The van der Waals surface area contributed by atoms with E-state index in [1.807, 2.05) is 24.3 Å². The number of benzene rings is 2. The summed E-state index contributed by atoms with van der Waals surface area (Å²) in [6, 6.07) is 16.3. The molecule has 0 heterocycles. The Morgan fingerprint density at radius 2 is 0.781 bits per heavy atom. The van der Waals surface area contributed by atoms with Gasteiger partial charge in [0.05, 0.1) is 0 Å². The van der Waals surface area contributed by atoms with E-state index in [0.29, 0.717) is 23.7 Å². The number of carbonyl (C=O) groups is 1. The molecule has 0 radical (unpaired) electrons. The normalized spacial score (nSPS) is 11.6. The fourth-order valence-electron chi connectivity index (χ4n) is 4.15. The van der Waals surface area contributed by atoms with Gasteiger partial charge in [-0.2, -0.15) is 0 Å². The molecule has 0 amide bonds. The smallest absolute Gasteiger partial charge is 0.193 e. The summed E-state index contributed by atoms with van der Waals surface area (Å²) in [5, 5.41) is 0. The van der Waals surface area contributed by atoms with Crippen molar-refractivity contribution < 1.29 is 4.79 Å². The fourth-order valence-corrected chi connectivity index (χ4v) is 4.15. The van der Waals surface area contributed by atoms with Crippen LogP contribution < -0.4 is 9.80 Å². The molecular formula is C29H44N2O. The van der Waals surface area contributed by atoms with Gasteiger partial charge < -0.3 is 9.80 Å². The monoisotopic (exact) mass is 436 g/mol. The molecule has 0 bridgehead atoms. The van der Waals surface area contributed by atoms with E-state index in [-0.39, 0.29) is 5.78 Å². The Hall–Kier alpha value is -2.29. The highest BCUT2D eigenvalue weighted by Crippen LogP contribution is 2.22. The number of nitrogens with zero attached hydrogens (tertiary/aromatic N) is 2.